The molecular weight excluding hydrogens is 574 g/mol. The third-order valence-electron chi connectivity index (χ3n) is 8.15. The SMILES string of the molecule is Cc1nc(NC(=O)C2CCC(c3nsc(=O)[nH]3)CC2)ccc1-n1c(-c2cccnc2N)nc2ccc(-c3ccccc3)nc21. The molecule has 0 radical (unpaired) electrons. The number of fused-ring (bicyclic) bond motifs is 1. The minimum Gasteiger partial charge on any atom is -0.383 e. The number of hydrogen-bond donors (Lipinski definition) is 3. The molecule has 0 saturated heterocycles. The van der Waals surface area contributed by atoms with Gasteiger partial charge in [-0.2, -0.15) is 4.37 Å². The van der Waals surface area contributed by atoms with E-state index in [2.05, 4.69) is 19.7 Å². The highest BCUT2D eigenvalue weighted by molar-refractivity contribution is 7.02. The summed E-state index contributed by atoms with van der Waals surface area (Å²) in [6.45, 7) is 1.90. The zero-order valence-corrected chi connectivity index (χ0v) is 24.7. The van der Waals surface area contributed by atoms with E-state index in [1.54, 1.807) is 12.3 Å². The molecule has 6 aromatic rings. The van der Waals surface area contributed by atoms with Gasteiger partial charge in [0.15, 0.2) is 11.5 Å². The summed E-state index contributed by atoms with van der Waals surface area (Å²) in [7, 11) is 0. The third kappa shape index (κ3) is 5.24. The van der Waals surface area contributed by atoms with Crippen molar-refractivity contribution in [2.24, 2.45) is 5.92 Å². The van der Waals surface area contributed by atoms with E-state index in [1.165, 1.54) is 0 Å². The van der Waals surface area contributed by atoms with Gasteiger partial charge >= 0.3 is 4.87 Å². The van der Waals surface area contributed by atoms with E-state index >= 15 is 0 Å². The van der Waals surface area contributed by atoms with Crippen molar-refractivity contribution in [3.05, 3.63) is 94.1 Å². The summed E-state index contributed by atoms with van der Waals surface area (Å²) >= 11 is 0.941. The van der Waals surface area contributed by atoms with Crippen LogP contribution in [0.25, 0.3) is 39.5 Å². The number of rotatable bonds is 6. The molecule has 220 valence electrons. The van der Waals surface area contributed by atoms with Gasteiger partial charge in [0, 0.05) is 35.1 Å². The van der Waals surface area contributed by atoms with Crippen LogP contribution in [0.1, 0.15) is 43.1 Å². The molecule has 1 aliphatic rings. The van der Waals surface area contributed by atoms with Crippen molar-refractivity contribution in [3.63, 3.8) is 0 Å². The van der Waals surface area contributed by atoms with Crippen molar-refractivity contribution in [3.8, 4) is 28.3 Å². The first-order chi connectivity index (χ1) is 21.4. The van der Waals surface area contributed by atoms with Crippen molar-refractivity contribution in [1.82, 2.24) is 33.9 Å². The van der Waals surface area contributed by atoms with Gasteiger partial charge in [0.05, 0.1) is 22.6 Å². The van der Waals surface area contributed by atoms with Gasteiger partial charge in [0.1, 0.15) is 23.0 Å². The maximum Gasteiger partial charge on any atom is 0.323 e. The molecule has 1 saturated carbocycles. The molecule has 0 aliphatic heterocycles. The molecule has 5 heterocycles. The standard InChI is InChI=1S/C32H29N9O2S/c1-18-25(15-16-26(35-18)38-31(42)21-11-9-20(10-12-21)28-39-32(43)44-40-28)41-29(22-8-5-17-34-27(22)33)37-24-14-13-23(36-30(24)41)19-6-3-2-4-7-19/h2-8,13-17,20-21H,9-12H2,1H3,(H2,33,34)(H,35,38,42)(H,39,40,43). The highest BCUT2D eigenvalue weighted by Gasteiger charge is 2.29. The Balaban J connectivity index is 1.20. The van der Waals surface area contributed by atoms with Gasteiger partial charge in [-0.05, 0) is 69.0 Å². The molecule has 11 nitrogen and oxygen atoms in total. The zero-order valence-electron chi connectivity index (χ0n) is 23.9. The second-order valence-corrected chi connectivity index (χ2v) is 11.7. The molecule has 5 aromatic heterocycles. The normalized spacial score (nSPS) is 16.7. The highest BCUT2D eigenvalue weighted by atomic mass is 32.1. The largest absolute Gasteiger partial charge is 0.383 e. The number of aromatic amines is 1. The van der Waals surface area contributed by atoms with Crippen LogP contribution in [-0.4, -0.2) is 39.8 Å². The van der Waals surface area contributed by atoms with Gasteiger partial charge in [-0.3, -0.25) is 19.1 Å². The van der Waals surface area contributed by atoms with Crippen LogP contribution in [0, 0.1) is 12.8 Å². The molecule has 1 aromatic carbocycles. The Morgan fingerprint density at radius 2 is 1.80 bits per heavy atom. The topological polar surface area (TPSA) is 157 Å². The number of H-pyrrole nitrogens is 1. The molecule has 0 atom stereocenters. The Morgan fingerprint density at radius 3 is 2.52 bits per heavy atom. The molecule has 1 fully saturated rings. The lowest BCUT2D eigenvalue weighted by atomic mass is 9.81. The summed E-state index contributed by atoms with van der Waals surface area (Å²) in [6.07, 6.45) is 4.69. The van der Waals surface area contributed by atoms with E-state index in [1.807, 2.05) is 72.2 Å². The highest BCUT2D eigenvalue weighted by Crippen LogP contribution is 2.35. The van der Waals surface area contributed by atoms with Crippen LogP contribution < -0.4 is 15.9 Å². The molecule has 44 heavy (non-hydrogen) atoms. The maximum atomic E-state index is 13.2. The quantitative estimate of drug-likeness (QED) is 0.225. The zero-order chi connectivity index (χ0) is 30.2. The number of nitrogens with one attached hydrogen (secondary N) is 2. The monoisotopic (exact) mass is 603 g/mol. The Morgan fingerprint density at radius 1 is 0.977 bits per heavy atom. The molecule has 4 N–H and O–H groups in total. The summed E-state index contributed by atoms with van der Waals surface area (Å²) in [6, 6.07) is 21.3. The van der Waals surface area contributed by atoms with Crippen LogP contribution in [0.15, 0.2) is 77.7 Å². The number of pyridine rings is 3. The van der Waals surface area contributed by atoms with Crippen molar-refractivity contribution in [2.45, 2.75) is 38.5 Å². The number of anilines is 2. The number of imidazole rings is 1. The van der Waals surface area contributed by atoms with Crippen molar-refractivity contribution >= 4 is 40.2 Å². The Labute approximate surface area is 256 Å². The first-order valence-electron chi connectivity index (χ1n) is 14.4. The predicted molar refractivity (Wildman–Crippen MR) is 171 cm³/mol. The minimum atomic E-state index is -0.142. The van der Waals surface area contributed by atoms with E-state index in [0.717, 1.165) is 60.0 Å². The number of hydrogen-bond acceptors (Lipinski definition) is 9. The molecule has 1 aliphatic carbocycles. The van der Waals surface area contributed by atoms with Crippen molar-refractivity contribution in [2.75, 3.05) is 11.1 Å². The van der Waals surface area contributed by atoms with E-state index in [4.69, 9.17) is 20.7 Å². The van der Waals surface area contributed by atoms with Gasteiger partial charge in [-0.25, -0.2) is 19.9 Å². The van der Waals surface area contributed by atoms with Gasteiger partial charge in [0.25, 0.3) is 0 Å². The van der Waals surface area contributed by atoms with E-state index in [9.17, 15) is 9.59 Å². The van der Waals surface area contributed by atoms with Crippen LogP contribution in [-0.2, 0) is 4.79 Å². The van der Waals surface area contributed by atoms with Crippen molar-refractivity contribution in [1.29, 1.82) is 0 Å². The summed E-state index contributed by atoms with van der Waals surface area (Å²) in [5, 5.41) is 3.01. The summed E-state index contributed by atoms with van der Waals surface area (Å²) in [5.41, 5.74) is 11.6. The third-order valence-corrected chi connectivity index (χ3v) is 8.70. The van der Waals surface area contributed by atoms with Crippen LogP contribution in [0.2, 0.25) is 0 Å². The smallest absolute Gasteiger partial charge is 0.323 e. The number of benzene rings is 1. The summed E-state index contributed by atoms with van der Waals surface area (Å²) in [4.78, 5) is 46.3. The maximum absolute atomic E-state index is 13.2. The van der Waals surface area contributed by atoms with Gasteiger partial charge in [0.2, 0.25) is 5.91 Å². The van der Waals surface area contributed by atoms with E-state index < -0.39 is 0 Å². The first-order valence-corrected chi connectivity index (χ1v) is 15.2. The number of aryl methyl sites for hydroxylation is 1. The molecule has 12 heteroatoms. The Bertz CT molecular complexity index is 2040. The summed E-state index contributed by atoms with van der Waals surface area (Å²) in [5.74, 6) is 2.17. The number of nitrogens with two attached hydrogens (primary N) is 1. The average Bonchev–Trinajstić information content (AvgIpc) is 3.65. The minimum absolute atomic E-state index is 0.0547. The van der Waals surface area contributed by atoms with Crippen LogP contribution in [0.5, 0.6) is 0 Å². The van der Waals surface area contributed by atoms with Crippen LogP contribution >= 0.6 is 11.5 Å². The molecule has 7 rings (SSSR count). The second kappa shape index (κ2) is 11.5. The number of carbonyl (C=O) groups is 1. The molecule has 1 amide bonds. The van der Waals surface area contributed by atoms with Gasteiger partial charge in [-0.15, -0.1) is 0 Å². The molecular formula is C32H29N9O2S. The molecule has 0 unspecified atom stereocenters. The summed E-state index contributed by atoms with van der Waals surface area (Å²) < 4.78 is 6.18. The van der Waals surface area contributed by atoms with Gasteiger partial charge < -0.3 is 11.1 Å². The molecule has 0 spiro atoms. The fraction of sp³-hybridized carbons (Fsp3) is 0.219. The number of nitrogens with zero attached hydrogens (tertiary/aromatic N) is 6. The number of aromatic nitrogens is 7. The number of nitrogen functional groups attached to an aromatic ring is 1. The predicted octanol–water partition coefficient (Wildman–Crippen LogP) is 5.49. The number of carbonyl (C=O) groups excluding carboxylic acids is 1. The van der Waals surface area contributed by atoms with Gasteiger partial charge in [-0.1, -0.05) is 30.3 Å². The first kappa shape index (κ1) is 27.6. The van der Waals surface area contributed by atoms with E-state index in [0.29, 0.717) is 39.9 Å². The fourth-order valence-electron chi connectivity index (χ4n) is 5.88. The second-order valence-electron chi connectivity index (χ2n) is 10.9. The average molecular weight is 604 g/mol. The fourth-order valence-corrected chi connectivity index (χ4v) is 6.40. The lowest BCUT2D eigenvalue weighted by Crippen LogP contribution is -2.27. The van der Waals surface area contributed by atoms with Crippen LogP contribution in [0.3, 0.4) is 0 Å². The van der Waals surface area contributed by atoms with E-state index in [-0.39, 0.29) is 22.6 Å². The lowest BCUT2D eigenvalue weighted by molar-refractivity contribution is -0.120. The van der Waals surface area contributed by atoms with Crippen LogP contribution in [0.4, 0.5) is 11.6 Å². The Hall–Kier alpha value is -5.23. The molecule has 0 bridgehead atoms. The van der Waals surface area contributed by atoms with Crippen molar-refractivity contribution < 1.29 is 4.79 Å². The Kier molecular flexibility index (Phi) is 7.18. The lowest BCUT2D eigenvalue weighted by Gasteiger charge is -2.26. The number of amides is 1.